The Morgan fingerprint density at radius 1 is 1.21 bits per heavy atom. The average Bonchev–Trinajstić information content (AvgIpc) is 2.65. The molecule has 0 fully saturated rings. The van der Waals surface area contributed by atoms with Crippen molar-refractivity contribution in [3.8, 4) is 0 Å². The van der Waals surface area contributed by atoms with Gasteiger partial charge in [-0.2, -0.15) is 0 Å². The standard InChI is InChI=1S/C20H20BrF2NO3S/c1-3-6-17(20(26)27-4-2)28-18-11-16(15(23)10-14(18)21)24-19(25)12-7-5-8-13(22)9-12/h5,7-11,17H,3-4,6H2,1-2H3,(H,24,25). The summed E-state index contributed by atoms with van der Waals surface area (Å²) in [6, 6.07) is 7.79. The fourth-order valence-corrected chi connectivity index (χ4v) is 4.19. The highest BCUT2D eigenvalue weighted by Gasteiger charge is 2.22. The van der Waals surface area contributed by atoms with Crippen LogP contribution in [-0.4, -0.2) is 23.7 Å². The quantitative estimate of drug-likeness (QED) is 0.390. The lowest BCUT2D eigenvalue weighted by Crippen LogP contribution is -2.20. The van der Waals surface area contributed by atoms with Gasteiger partial charge in [0, 0.05) is 14.9 Å². The van der Waals surface area contributed by atoms with E-state index in [1.165, 1.54) is 42.1 Å². The first-order valence-electron chi connectivity index (χ1n) is 8.75. The summed E-state index contributed by atoms with van der Waals surface area (Å²) in [5, 5.41) is 2.00. The largest absolute Gasteiger partial charge is 0.465 e. The third-order valence-corrected chi connectivity index (χ3v) is 5.95. The van der Waals surface area contributed by atoms with Gasteiger partial charge in [-0.05, 0) is 59.6 Å². The maximum Gasteiger partial charge on any atom is 0.319 e. The molecule has 0 aromatic heterocycles. The molecule has 0 saturated heterocycles. The highest BCUT2D eigenvalue weighted by molar-refractivity contribution is 9.10. The van der Waals surface area contributed by atoms with Crippen LogP contribution in [0.5, 0.6) is 0 Å². The molecule has 28 heavy (non-hydrogen) atoms. The topological polar surface area (TPSA) is 55.4 Å². The van der Waals surface area contributed by atoms with Crippen molar-refractivity contribution in [2.45, 2.75) is 36.8 Å². The molecule has 1 atom stereocenters. The summed E-state index contributed by atoms with van der Waals surface area (Å²) >= 11 is 4.53. The lowest BCUT2D eigenvalue weighted by molar-refractivity contribution is -0.142. The molecule has 0 bridgehead atoms. The van der Waals surface area contributed by atoms with Gasteiger partial charge in [0.25, 0.3) is 5.91 Å². The van der Waals surface area contributed by atoms with E-state index in [-0.39, 0.29) is 23.8 Å². The molecule has 1 amide bonds. The number of rotatable bonds is 8. The minimum atomic E-state index is -0.649. The van der Waals surface area contributed by atoms with Crippen LogP contribution in [0.4, 0.5) is 14.5 Å². The Morgan fingerprint density at radius 2 is 1.96 bits per heavy atom. The smallest absolute Gasteiger partial charge is 0.319 e. The van der Waals surface area contributed by atoms with E-state index in [0.29, 0.717) is 15.8 Å². The third-order valence-electron chi connectivity index (χ3n) is 3.73. The Balaban J connectivity index is 2.25. The number of benzene rings is 2. The fraction of sp³-hybridized carbons (Fsp3) is 0.300. The second-order valence-corrected chi connectivity index (χ2v) is 7.97. The maximum absolute atomic E-state index is 14.3. The Hall–Kier alpha value is -1.93. The molecule has 2 aromatic rings. The van der Waals surface area contributed by atoms with Crippen molar-refractivity contribution in [2.75, 3.05) is 11.9 Å². The Kier molecular flexibility index (Phi) is 8.44. The lowest BCUT2D eigenvalue weighted by Gasteiger charge is -2.16. The van der Waals surface area contributed by atoms with Gasteiger partial charge in [-0.3, -0.25) is 9.59 Å². The molecule has 4 nitrogen and oxygen atoms in total. The average molecular weight is 472 g/mol. The number of carbonyl (C=O) groups excluding carboxylic acids is 2. The SMILES string of the molecule is CCCC(Sc1cc(NC(=O)c2cccc(F)c2)c(F)cc1Br)C(=O)OCC. The molecule has 1 unspecified atom stereocenters. The zero-order valence-corrected chi connectivity index (χ0v) is 17.8. The zero-order valence-electron chi connectivity index (χ0n) is 15.4. The predicted octanol–water partition coefficient (Wildman–Crippen LogP) is 5.80. The van der Waals surface area contributed by atoms with Crippen molar-refractivity contribution in [1.29, 1.82) is 0 Å². The van der Waals surface area contributed by atoms with Crippen LogP contribution in [0.3, 0.4) is 0 Å². The minimum Gasteiger partial charge on any atom is -0.465 e. The number of ether oxygens (including phenoxy) is 1. The molecule has 0 spiro atoms. The molecule has 8 heteroatoms. The van der Waals surface area contributed by atoms with E-state index in [1.807, 2.05) is 6.92 Å². The molecular weight excluding hydrogens is 452 g/mol. The van der Waals surface area contributed by atoms with Gasteiger partial charge in [-0.15, -0.1) is 11.8 Å². The van der Waals surface area contributed by atoms with Crippen LogP contribution in [0, 0.1) is 11.6 Å². The lowest BCUT2D eigenvalue weighted by atomic mass is 10.2. The fourth-order valence-electron chi connectivity index (χ4n) is 2.41. The summed E-state index contributed by atoms with van der Waals surface area (Å²) in [7, 11) is 0. The minimum absolute atomic E-state index is 0.0564. The van der Waals surface area contributed by atoms with Crippen molar-refractivity contribution in [2.24, 2.45) is 0 Å². The Bertz CT molecular complexity index is 863. The third kappa shape index (κ3) is 6.04. The second-order valence-electron chi connectivity index (χ2n) is 5.87. The monoisotopic (exact) mass is 471 g/mol. The molecule has 0 heterocycles. The summed E-state index contributed by atoms with van der Waals surface area (Å²) in [6.07, 6.45) is 1.37. The van der Waals surface area contributed by atoms with Crippen molar-refractivity contribution in [3.63, 3.8) is 0 Å². The molecule has 150 valence electrons. The van der Waals surface area contributed by atoms with Gasteiger partial charge < -0.3 is 10.1 Å². The van der Waals surface area contributed by atoms with Crippen molar-refractivity contribution < 1.29 is 23.1 Å². The van der Waals surface area contributed by atoms with Gasteiger partial charge in [0.2, 0.25) is 0 Å². The van der Waals surface area contributed by atoms with Gasteiger partial charge in [-0.25, -0.2) is 8.78 Å². The number of esters is 1. The number of nitrogens with one attached hydrogen (secondary N) is 1. The first-order valence-corrected chi connectivity index (χ1v) is 10.4. The second kappa shape index (κ2) is 10.6. The van der Waals surface area contributed by atoms with E-state index >= 15 is 0 Å². The van der Waals surface area contributed by atoms with E-state index in [2.05, 4.69) is 21.2 Å². The van der Waals surface area contributed by atoms with Crippen LogP contribution in [0.1, 0.15) is 37.0 Å². The zero-order chi connectivity index (χ0) is 20.7. The maximum atomic E-state index is 14.3. The molecule has 2 aromatic carbocycles. The summed E-state index contributed by atoms with van der Waals surface area (Å²) in [5.41, 5.74) is 0.0194. The Labute approximate surface area is 175 Å². The highest BCUT2D eigenvalue weighted by atomic mass is 79.9. The molecule has 2 rings (SSSR count). The van der Waals surface area contributed by atoms with Crippen LogP contribution < -0.4 is 5.32 Å². The number of anilines is 1. The van der Waals surface area contributed by atoms with E-state index in [1.54, 1.807) is 6.92 Å². The van der Waals surface area contributed by atoms with Crippen molar-refractivity contribution in [3.05, 3.63) is 58.1 Å². The van der Waals surface area contributed by atoms with Crippen LogP contribution in [0.15, 0.2) is 45.8 Å². The van der Waals surface area contributed by atoms with Crippen LogP contribution in [-0.2, 0) is 9.53 Å². The summed E-state index contributed by atoms with van der Waals surface area (Å²) in [4.78, 5) is 25.0. The first kappa shape index (κ1) is 22.4. The molecule has 0 radical (unpaired) electrons. The van der Waals surface area contributed by atoms with E-state index in [0.717, 1.165) is 12.5 Å². The van der Waals surface area contributed by atoms with Gasteiger partial charge in [0.1, 0.15) is 16.9 Å². The van der Waals surface area contributed by atoms with Crippen LogP contribution in [0.25, 0.3) is 0 Å². The molecule has 0 aliphatic heterocycles. The predicted molar refractivity (Wildman–Crippen MR) is 110 cm³/mol. The Morgan fingerprint density at radius 3 is 2.61 bits per heavy atom. The number of halogens is 3. The number of hydrogen-bond donors (Lipinski definition) is 1. The number of thioether (sulfide) groups is 1. The molecule has 1 N–H and O–H groups in total. The number of hydrogen-bond acceptors (Lipinski definition) is 4. The number of carbonyl (C=O) groups is 2. The van der Waals surface area contributed by atoms with Gasteiger partial charge in [0.15, 0.2) is 0 Å². The summed E-state index contributed by atoms with van der Waals surface area (Å²) in [6.45, 7) is 3.97. The summed E-state index contributed by atoms with van der Waals surface area (Å²) in [5.74, 6) is -2.18. The van der Waals surface area contributed by atoms with E-state index in [9.17, 15) is 18.4 Å². The van der Waals surface area contributed by atoms with Crippen molar-refractivity contribution >= 4 is 45.3 Å². The molecule has 0 saturated carbocycles. The van der Waals surface area contributed by atoms with Crippen LogP contribution in [0.2, 0.25) is 0 Å². The van der Waals surface area contributed by atoms with E-state index in [4.69, 9.17) is 4.74 Å². The first-order chi connectivity index (χ1) is 13.3. The normalized spacial score (nSPS) is 11.8. The molecule has 0 aliphatic rings. The molecule has 0 aliphatic carbocycles. The summed E-state index contributed by atoms with van der Waals surface area (Å²) < 4.78 is 33.2. The van der Waals surface area contributed by atoms with Gasteiger partial charge in [-0.1, -0.05) is 19.4 Å². The molecular formula is C20H20BrF2NO3S. The van der Waals surface area contributed by atoms with Crippen LogP contribution >= 0.6 is 27.7 Å². The van der Waals surface area contributed by atoms with Crippen molar-refractivity contribution in [1.82, 2.24) is 0 Å². The van der Waals surface area contributed by atoms with E-state index < -0.39 is 22.8 Å². The van der Waals surface area contributed by atoms with Gasteiger partial charge in [0.05, 0.1) is 12.3 Å². The van der Waals surface area contributed by atoms with Gasteiger partial charge >= 0.3 is 5.97 Å². The highest BCUT2D eigenvalue weighted by Crippen LogP contribution is 2.36. The number of amides is 1.